The molecule has 1 aromatic heterocycles. The second kappa shape index (κ2) is 7.53. The molecule has 1 amide bonds. The van der Waals surface area contributed by atoms with Crippen molar-refractivity contribution >= 4 is 45.2 Å². The van der Waals surface area contributed by atoms with E-state index in [0.29, 0.717) is 27.8 Å². The van der Waals surface area contributed by atoms with Crippen molar-refractivity contribution in [1.82, 2.24) is 9.88 Å². The third-order valence-electron chi connectivity index (χ3n) is 4.28. The predicted octanol–water partition coefficient (Wildman–Crippen LogP) is 3.16. The Kier molecular flexibility index (Phi) is 5.30. The molecule has 1 unspecified atom stereocenters. The van der Waals surface area contributed by atoms with E-state index in [2.05, 4.69) is 4.98 Å². The Morgan fingerprint density at radius 1 is 1.11 bits per heavy atom. The summed E-state index contributed by atoms with van der Waals surface area (Å²) in [7, 11) is 2.96. The molecule has 0 aliphatic rings. The molecule has 1 heterocycles. The fourth-order valence-corrected chi connectivity index (χ4v) is 3.41. The highest BCUT2D eigenvalue weighted by atomic mass is 32.2. The van der Waals surface area contributed by atoms with Gasteiger partial charge >= 0.3 is 0 Å². The van der Waals surface area contributed by atoms with Crippen molar-refractivity contribution < 1.29 is 22.7 Å². The summed E-state index contributed by atoms with van der Waals surface area (Å²) in [6.45, 7) is 1.55. The normalized spacial score (nSPS) is 12.0. The molecule has 146 valence electrons. The quantitative estimate of drug-likeness (QED) is 0.389. The van der Waals surface area contributed by atoms with Gasteiger partial charge in [0.25, 0.3) is 23.0 Å². The lowest BCUT2D eigenvalue weighted by atomic mass is 10.1. The van der Waals surface area contributed by atoms with Gasteiger partial charge in [-0.2, -0.15) is 0 Å². The number of rotatable bonds is 5. The molecular weight excluding hydrogens is 385 g/mol. The number of H-pyrrole nitrogens is 1. The molecule has 0 bridgehead atoms. The fraction of sp³-hybridized carbons (Fsp3) is 0.158. The predicted molar refractivity (Wildman–Crippen MR) is 105 cm³/mol. The Bertz CT molecular complexity index is 1110. The average molecular weight is 403 g/mol. The number of aromatic amines is 1. The van der Waals surface area contributed by atoms with E-state index in [9.17, 15) is 22.7 Å². The lowest BCUT2D eigenvalue weighted by Crippen LogP contribution is -2.29. The van der Waals surface area contributed by atoms with Gasteiger partial charge in [-0.05, 0) is 48.9 Å². The van der Waals surface area contributed by atoms with Crippen LogP contribution in [0.15, 0.2) is 42.6 Å². The van der Waals surface area contributed by atoms with Crippen LogP contribution in [0.3, 0.4) is 0 Å². The molecule has 0 saturated heterocycles. The molecule has 0 aliphatic heterocycles. The minimum absolute atomic E-state index is 0.162. The summed E-state index contributed by atoms with van der Waals surface area (Å²) >= 11 is -2.44. The first-order valence-electron chi connectivity index (χ1n) is 8.25. The number of amides is 1. The van der Waals surface area contributed by atoms with Crippen LogP contribution in [0.1, 0.15) is 15.9 Å². The van der Waals surface area contributed by atoms with E-state index < -0.39 is 28.8 Å². The van der Waals surface area contributed by atoms with Gasteiger partial charge in [-0.15, -0.1) is 0 Å². The molecule has 0 saturated carbocycles. The maximum absolute atomic E-state index is 13.6. The van der Waals surface area contributed by atoms with Crippen LogP contribution in [0.25, 0.3) is 10.9 Å². The van der Waals surface area contributed by atoms with E-state index in [1.54, 1.807) is 19.1 Å². The van der Waals surface area contributed by atoms with Crippen molar-refractivity contribution in [3.05, 3.63) is 59.5 Å². The topological polar surface area (TPSA) is 93.7 Å². The van der Waals surface area contributed by atoms with Gasteiger partial charge in [-0.1, -0.05) is 0 Å². The van der Waals surface area contributed by atoms with Crippen LogP contribution in [0, 0.1) is 12.7 Å². The average Bonchev–Trinajstić information content (AvgIpc) is 3.06. The molecule has 9 heteroatoms. The number of hydrogen-bond donors (Lipinski definition) is 2. The number of likely N-dealkylation sites (N-methyl/N-ethyl adjacent to an activating group) is 1. The van der Waals surface area contributed by atoms with E-state index in [4.69, 9.17) is 0 Å². The molecule has 28 heavy (non-hydrogen) atoms. The fourth-order valence-electron chi connectivity index (χ4n) is 2.83. The van der Waals surface area contributed by atoms with E-state index in [1.807, 2.05) is 0 Å². The zero-order chi connectivity index (χ0) is 20.6. The number of anilines is 2. The number of aryl methyl sites for hydroxylation is 1. The number of hydrogen-bond acceptors (Lipinski definition) is 3. The van der Waals surface area contributed by atoms with Crippen LogP contribution in [0.2, 0.25) is 0 Å². The van der Waals surface area contributed by atoms with Crippen LogP contribution in [0.4, 0.5) is 15.8 Å². The van der Waals surface area contributed by atoms with Crippen molar-refractivity contribution in [2.75, 3.05) is 18.4 Å². The third kappa shape index (κ3) is 3.54. The van der Waals surface area contributed by atoms with Gasteiger partial charge in [0.15, 0.2) is 0 Å². The maximum Gasteiger partial charge on any atom is 0.294 e. The molecule has 0 aliphatic carbocycles. The Morgan fingerprint density at radius 2 is 1.75 bits per heavy atom. The molecule has 0 radical (unpaired) electrons. The van der Waals surface area contributed by atoms with Crippen LogP contribution in [-0.4, -0.2) is 44.4 Å². The van der Waals surface area contributed by atoms with Crippen LogP contribution < -0.4 is 4.31 Å². The molecule has 7 nitrogen and oxygen atoms in total. The molecule has 3 aromatic rings. The van der Waals surface area contributed by atoms with Crippen LogP contribution in [-0.2, 0) is 16.1 Å². The van der Waals surface area contributed by atoms with Gasteiger partial charge in [0.1, 0.15) is 5.82 Å². The van der Waals surface area contributed by atoms with E-state index in [1.165, 1.54) is 49.5 Å². The van der Waals surface area contributed by atoms with Gasteiger partial charge in [-0.25, -0.2) is 12.9 Å². The number of nitrogens with zero attached hydrogens (tertiary/aromatic N) is 2. The lowest BCUT2D eigenvalue weighted by molar-refractivity contribution is -0.124. The standard InChI is InChI=1S/C19H18FN3O4S/c1-11-8-12(4-6-16(11)20)23(28(26)27)13-5-7-17-14(9-13)15(10-21-17)18(24)19(25)22(2)3/h4-10,21H,1-3H3,(H,26,27). The largest absolute Gasteiger partial charge is 0.360 e. The zero-order valence-corrected chi connectivity index (χ0v) is 16.2. The molecule has 1 atom stereocenters. The van der Waals surface area contributed by atoms with Crippen molar-refractivity contribution in [2.45, 2.75) is 6.92 Å². The smallest absolute Gasteiger partial charge is 0.294 e. The minimum atomic E-state index is -2.44. The van der Waals surface area contributed by atoms with E-state index in [0.717, 1.165) is 4.31 Å². The second-order valence-corrected chi connectivity index (χ2v) is 7.25. The van der Waals surface area contributed by atoms with Crippen LogP contribution in [0.5, 0.6) is 0 Å². The summed E-state index contributed by atoms with van der Waals surface area (Å²) < 4.78 is 36.5. The number of carbonyl (C=O) groups is 2. The first-order chi connectivity index (χ1) is 13.2. The minimum Gasteiger partial charge on any atom is -0.360 e. The van der Waals surface area contributed by atoms with Crippen molar-refractivity contribution in [1.29, 1.82) is 0 Å². The highest BCUT2D eigenvalue weighted by molar-refractivity contribution is 7.81. The molecule has 0 fully saturated rings. The van der Waals surface area contributed by atoms with Crippen LogP contribution >= 0.6 is 0 Å². The Labute approximate surface area is 163 Å². The Balaban J connectivity index is 2.12. The maximum atomic E-state index is 13.6. The highest BCUT2D eigenvalue weighted by Gasteiger charge is 2.23. The van der Waals surface area contributed by atoms with Crippen molar-refractivity contribution in [2.24, 2.45) is 0 Å². The first kappa shape index (κ1) is 19.7. The Hall–Kier alpha value is -3.04. The summed E-state index contributed by atoms with van der Waals surface area (Å²) in [5.74, 6) is -1.80. The lowest BCUT2D eigenvalue weighted by Gasteiger charge is -2.21. The molecule has 2 aromatic carbocycles. The second-order valence-electron chi connectivity index (χ2n) is 6.42. The number of carbonyl (C=O) groups excluding carboxylic acids is 2. The van der Waals surface area contributed by atoms with Gasteiger partial charge < -0.3 is 9.88 Å². The first-order valence-corrected chi connectivity index (χ1v) is 9.31. The zero-order valence-electron chi connectivity index (χ0n) is 15.4. The summed E-state index contributed by atoms with van der Waals surface area (Å²) in [6.07, 6.45) is 1.43. The number of aromatic nitrogens is 1. The molecular formula is C19H18FN3O4S. The molecule has 3 rings (SSSR count). The Morgan fingerprint density at radius 3 is 2.36 bits per heavy atom. The summed E-state index contributed by atoms with van der Waals surface area (Å²) in [6, 6.07) is 8.82. The van der Waals surface area contributed by atoms with Gasteiger partial charge in [0, 0.05) is 31.2 Å². The number of ketones is 1. The number of fused-ring (bicyclic) bond motifs is 1. The number of halogens is 1. The van der Waals surface area contributed by atoms with E-state index >= 15 is 0 Å². The molecule has 0 spiro atoms. The summed E-state index contributed by atoms with van der Waals surface area (Å²) in [5, 5.41) is 0.437. The number of benzene rings is 2. The van der Waals surface area contributed by atoms with Gasteiger partial charge in [-0.3, -0.25) is 14.1 Å². The monoisotopic (exact) mass is 403 g/mol. The SMILES string of the molecule is Cc1cc(N(c2ccc3[nH]cc(C(=O)C(=O)N(C)C)c3c2)S(=O)O)ccc1F. The van der Waals surface area contributed by atoms with Gasteiger partial charge in [0.2, 0.25) is 0 Å². The van der Waals surface area contributed by atoms with Crippen molar-refractivity contribution in [3.63, 3.8) is 0 Å². The number of nitrogens with one attached hydrogen (secondary N) is 1. The third-order valence-corrected chi connectivity index (χ3v) is 5.01. The van der Waals surface area contributed by atoms with Crippen molar-refractivity contribution in [3.8, 4) is 0 Å². The molecule has 2 N–H and O–H groups in total. The highest BCUT2D eigenvalue weighted by Crippen LogP contribution is 2.32. The number of Topliss-reactive ketones (excluding diaryl/α,β-unsaturated/α-hetero) is 1. The van der Waals surface area contributed by atoms with Gasteiger partial charge in [0.05, 0.1) is 16.9 Å². The van der Waals surface area contributed by atoms with E-state index in [-0.39, 0.29) is 5.56 Å². The summed E-state index contributed by atoms with van der Waals surface area (Å²) in [4.78, 5) is 28.6. The summed E-state index contributed by atoms with van der Waals surface area (Å²) in [5.41, 5.74) is 1.70.